The first kappa shape index (κ1) is 15.2. The van der Waals surface area contributed by atoms with E-state index in [-0.39, 0.29) is 11.6 Å². The average molecular weight is 305 g/mol. The van der Waals surface area contributed by atoms with E-state index in [0.29, 0.717) is 28.7 Å². The highest BCUT2D eigenvalue weighted by Crippen LogP contribution is 2.32. The molecule has 6 nitrogen and oxygen atoms in total. The van der Waals surface area contributed by atoms with Crippen molar-refractivity contribution < 1.29 is 9.72 Å². The number of non-ortho nitro benzene ring substituents is 1. The number of amidine groups is 1. The maximum atomic E-state index is 12.3. The zero-order valence-electron chi connectivity index (χ0n) is 11.8. The summed E-state index contributed by atoms with van der Waals surface area (Å²) in [5, 5.41) is 11.5. The van der Waals surface area contributed by atoms with Crippen molar-refractivity contribution in [3.8, 4) is 0 Å². The van der Waals surface area contributed by atoms with E-state index >= 15 is 0 Å². The Morgan fingerprint density at radius 1 is 1.43 bits per heavy atom. The van der Waals surface area contributed by atoms with Crippen LogP contribution in [-0.2, 0) is 4.79 Å². The third-order valence-electron chi connectivity index (χ3n) is 2.88. The van der Waals surface area contributed by atoms with Crippen molar-refractivity contribution in [3.63, 3.8) is 0 Å². The van der Waals surface area contributed by atoms with Crippen LogP contribution in [0, 0.1) is 10.1 Å². The van der Waals surface area contributed by atoms with Gasteiger partial charge in [0.15, 0.2) is 5.17 Å². The number of hydrogen-bond acceptors (Lipinski definition) is 5. The van der Waals surface area contributed by atoms with Crippen LogP contribution >= 0.6 is 11.8 Å². The molecule has 0 atom stereocenters. The summed E-state index contributed by atoms with van der Waals surface area (Å²) in [7, 11) is 0. The zero-order valence-corrected chi connectivity index (χ0v) is 12.6. The Hall–Kier alpha value is -2.15. The molecule has 2 rings (SSSR count). The lowest BCUT2D eigenvalue weighted by Gasteiger charge is -2.11. The molecule has 21 heavy (non-hydrogen) atoms. The topological polar surface area (TPSA) is 75.8 Å². The van der Waals surface area contributed by atoms with Crippen molar-refractivity contribution in [2.45, 2.75) is 13.8 Å². The van der Waals surface area contributed by atoms with Gasteiger partial charge in [0.1, 0.15) is 0 Å². The van der Waals surface area contributed by atoms with Crippen LogP contribution in [0.4, 0.5) is 5.69 Å². The average Bonchev–Trinajstić information content (AvgIpc) is 2.75. The molecule has 1 fully saturated rings. The van der Waals surface area contributed by atoms with Gasteiger partial charge in [0.25, 0.3) is 11.6 Å². The lowest BCUT2D eigenvalue weighted by molar-refractivity contribution is -0.384. The fraction of sp³-hybridized carbons (Fsp3) is 0.286. The van der Waals surface area contributed by atoms with Crippen LogP contribution in [0.15, 0.2) is 34.2 Å². The van der Waals surface area contributed by atoms with E-state index in [9.17, 15) is 14.9 Å². The minimum atomic E-state index is -0.450. The number of aliphatic imine (C=N–C) groups is 1. The highest BCUT2D eigenvalue weighted by molar-refractivity contribution is 8.18. The molecule has 1 aromatic rings. The molecule has 0 spiro atoms. The van der Waals surface area contributed by atoms with E-state index in [1.807, 2.05) is 13.8 Å². The number of carbonyl (C=O) groups is 1. The van der Waals surface area contributed by atoms with Gasteiger partial charge >= 0.3 is 0 Å². The molecular formula is C14H15N3O3S. The quantitative estimate of drug-likeness (QED) is 0.487. The molecule has 1 amide bonds. The molecule has 110 valence electrons. The Kier molecular flexibility index (Phi) is 4.74. The van der Waals surface area contributed by atoms with Gasteiger partial charge in [0.05, 0.1) is 9.83 Å². The molecule has 0 unspecified atom stereocenters. The molecule has 0 N–H and O–H groups in total. The predicted molar refractivity (Wildman–Crippen MR) is 84.0 cm³/mol. The van der Waals surface area contributed by atoms with Crippen LogP contribution in [0.5, 0.6) is 0 Å². The highest BCUT2D eigenvalue weighted by Gasteiger charge is 2.31. The molecule has 0 radical (unpaired) electrons. The Balaban J connectivity index is 2.33. The molecule has 7 heteroatoms. The van der Waals surface area contributed by atoms with Crippen molar-refractivity contribution in [1.82, 2.24) is 4.90 Å². The Morgan fingerprint density at radius 2 is 2.19 bits per heavy atom. The molecule has 1 aliphatic heterocycles. The number of nitro groups is 1. The van der Waals surface area contributed by atoms with Crippen LogP contribution in [0.25, 0.3) is 6.08 Å². The van der Waals surface area contributed by atoms with Crippen molar-refractivity contribution >= 4 is 34.6 Å². The van der Waals surface area contributed by atoms with Gasteiger partial charge in [-0.2, -0.15) is 0 Å². The SMILES string of the molecule is CCN=C1S/C(=C/c2cccc([N+](=O)[O-])c2)C(=O)N1CC. The number of benzene rings is 1. The molecule has 0 aromatic heterocycles. The molecule has 0 saturated carbocycles. The number of thioether (sulfide) groups is 1. The van der Waals surface area contributed by atoms with Crippen LogP contribution in [0.3, 0.4) is 0 Å². The first-order chi connectivity index (χ1) is 10.1. The van der Waals surface area contributed by atoms with Crippen molar-refractivity contribution in [2.75, 3.05) is 13.1 Å². The summed E-state index contributed by atoms with van der Waals surface area (Å²) in [6.07, 6.45) is 1.67. The number of amides is 1. The summed E-state index contributed by atoms with van der Waals surface area (Å²) in [4.78, 5) is 29.0. The van der Waals surface area contributed by atoms with Crippen molar-refractivity contribution in [3.05, 3.63) is 44.8 Å². The summed E-state index contributed by atoms with van der Waals surface area (Å²) in [6, 6.07) is 6.21. The van der Waals surface area contributed by atoms with Crippen LogP contribution in [0.1, 0.15) is 19.4 Å². The van der Waals surface area contributed by atoms with E-state index < -0.39 is 4.92 Å². The largest absolute Gasteiger partial charge is 0.287 e. The van der Waals surface area contributed by atoms with E-state index in [2.05, 4.69) is 4.99 Å². The zero-order chi connectivity index (χ0) is 15.4. The normalized spacial score (nSPS) is 18.8. The molecule has 1 aromatic carbocycles. The Morgan fingerprint density at radius 3 is 2.81 bits per heavy atom. The van der Waals surface area contributed by atoms with Gasteiger partial charge in [0.2, 0.25) is 0 Å². The maximum Gasteiger partial charge on any atom is 0.270 e. The number of carbonyl (C=O) groups excluding carboxylic acids is 1. The van der Waals surface area contributed by atoms with E-state index in [0.717, 1.165) is 0 Å². The van der Waals surface area contributed by atoms with E-state index in [4.69, 9.17) is 0 Å². The summed E-state index contributed by atoms with van der Waals surface area (Å²) in [5.41, 5.74) is 0.642. The molecule has 1 aliphatic rings. The van der Waals surface area contributed by atoms with Gasteiger partial charge in [-0.25, -0.2) is 0 Å². The Bertz CT molecular complexity index is 640. The van der Waals surface area contributed by atoms with Crippen LogP contribution in [0.2, 0.25) is 0 Å². The van der Waals surface area contributed by atoms with Gasteiger partial charge in [0, 0.05) is 25.2 Å². The second kappa shape index (κ2) is 6.53. The van der Waals surface area contributed by atoms with Crippen molar-refractivity contribution in [2.24, 2.45) is 4.99 Å². The fourth-order valence-electron chi connectivity index (χ4n) is 1.92. The first-order valence-electron chi connectivity index (χ1n) is 6.57. The standard InChI is InChI=1S/C14H15N3O3S/c1-3-15-14-16(4-2)13(18)12(21-14)9-10-6-5-7-11(8-10)17(19)20/h5-9H,3-4H2,1-2H3/b12-9+,15-14?. The summed E-state index contributed by atoms with van der Waals surface area (Å²) in [6.45, 7) is 4.96. The first-order valence-corrected chi connectivity index (χ1v) is 7.38. The minimum Gasteiger partial charge on any atom is -0.287 e. The summed E-state index contributed by atoms with van der Waals surface area (Å²) in [5.74, 6) is -0.110. The van der Waals surface area contributed by atoms with Gasteiger partial charge in [-0.15, -0.1) is 0 Å². The smallest absolute Gasteiger partial charge is 0.270 e. The second-order valence-electron chi connectivity index (χ2n) is 4.27. The molecule has 0 bridgehead atoms. The van der Waals surface area contributed by atoms with Gasteiger partial charge in [-0.1, -0.05) is 12.1 Å². The fourth-order valence-corrected chi connectivity index (χ4v) is 3.02. The monoisotopic (exact) mass is 305 g/mol. The Labute approximate surface area is 126 Å². The predicted octanol–water partition coefficient (Wildman–Crippen LogP) is 2.91. The number of likely N-dealkylation sites (N-methyl/N-ethyl adjacent to an activating group) is 1. The van der Waals surface area contributed by atoms with Gasteiger partial charge < -0.3 is 0 Å². The molecule has 1 heterocycles. The molecule has 1 saturated heterocycles. The lowest BCUT2D eigenvalue weighted by atomic mass is 10.2. The number of nitrogens with zero attached hydrogens (tertiary/aromatic N) is 3. The van der Waals surface area contributed by atoms with E-state index in [1.54, 1.807) is 23.1 Å². The maximum absolute atomic E-state index is 12.3. The van der Waals surface area contributed by atoms with Gasteiger partial charge in [-0.05, 0) is 37.2 Å². The summed E-state index contributed by atoms with van der Waals surface area (Å²) >= 11 is 1.30. The number of hydrogen-bond donors (Lipinski definition) is 0. The number of nitro benzene ring substituents is 1. The van der Waals surface area contributed by atoms with Crippen molar-refractivity contribution in [1.29, 1.82) is 0 Å². The third-order valence-corrected chi connectivity index (χ3v) is 3.92. The molecule has 0 aliphatic carbocycles. The molecular weight excluding hydrogens is 290 g/mol. The van der Waals surface area contributed by atoms with Gasteiger partial charge in [-0.3, -0.25) is 24.8 Å². The highest BCUT2D eigenvalue weighted by atomic mass is 32.2. The third kappa shape index (κ3) is 3.30. The van der Waals surface area contributed by atoms with Crippen LogP contribution in [-0.4, -0.2) is 34.0 Å². The minimum absolute atomic E-state index is 0.00888. The lowest BCUT2D eigenvalue weighted by Crippen LogP contribution is -2.28. The summed E-state index contributed by atoms with van der Waals surface area (Å²) < 4.78 is 0. The van der Waals surface area contributed by atoms with E-state index in [1.165, 1.54) is 23.9 Å². The number of rotatable bonds is 4. The second-order valence-corrected chi connectivity index (χ2v) is 5.28. The van der Waals surface area contributed by atoms with Crippen LogP contribution < -0.4 is 0 Å².